The fraction of sp³-hybridized carbons (Fsp3) is 0.259. The van der Waals surface area contributed by atoms with Gasteiger partial charge < -0.3 is 24.8 Å². The Morgan fingerprint density at radius 2 is 1.74 bits per heavy atom. The number of carbonyl (C=O) groups is 2. The molecule has 0 radical (unpaired) electrons. The van der Waals surface area contributed by atoms with Crippen molar-refractivity contribution in [2.24, 2.45) is 0 Å². The van der Waals surface area contributed by atoms with Gasteiger partial charge in [-0.2, -0.15) is 0 Å². The molecule has 2 aliphatic heterocycles. The van der Waals surface area contributed by atoms with Gasteiger partial charge in [-0.3, -0.25) is 9.59 Å². The zero-order valence-corrected chi connectivity index (χ0v) is 19.1. The molecule has 2 N–H and O–H groups in total. The first-order valence-electron chi connectivity index (χ1n) is 11.3. The van der Waals surface area contributed by atoms with Crippen LogP contribution in [0.1, 0.15) is 34.3 Å². The molecule has 2 amide bonds. The van der Waals surface area contributed by atoms with E-state index in [0.717, 1.165) is 16.9 Å². The minimum absolute atomic E-state index is 0.130. The van der Waals surface area contributed by atoms with Gasteiger partial charge in [0.1, 0.15) is 11.5 Å². The second kappa shape index (κ2) is 8.83. The summed E-state index contributed by atoms with van der Waals surface area (Å²) >= 11 is 0. The Bertz CT molecular complexity index is 1250. The summed E-state index contributed by atoms with van der Waals surface area (Å²) in [6, 6.07) is 18.3. The summed E-state index contributed by atoms with van der Waals surface area (Å²) in [4.78, 5) is 26.6. The van der Waals surface area contributed by atoms with Crippen molar-refractivity contribution in [1.29, 1.82) is 0 Å². The summed E-state index contributed by atoms with van der Waals surface area (Å²) < 4.78 is 16.8. The van der Waals surface area contributed by atoms with Crippen LogP contribution in [0.2, 0.25) is 0 Å². The summed E-state index contributed by atoms with van der Waals surface area (Å²) in [7, 11) is 1.61. The highest BCUT2D eigenvalue weighted by Crippen LogP contribution is 2.39. The molecule has 1 fully saturated rings. The standard InChI is InChI=1S/C27H26N2O5/c1-17-3-9-24-22(15-17)29-25(30)21-16-19(6-10-23(21)34-24)28-26(31)27(11-13-33-14-12-27)18-4-7-20(32-2)8-5-18/h3-10,15-16H,11-14H2,1-2H3,(H,28,31)(H,29,30). The van der Waals surface area contributed by atoms with E-state index < -0.39 is 5.41 Å². The van der Waals surface area contributed by atoms with Crippen molar-refractivity contribution >= 4 is 23.2 Å². The second-order valence-electron chi connectivity index (χ2n) is 8.64. The van der Waals surface area contributed by atoms with Crippen LogP contribution in [-0.2, 0) is 14.9 Å². The Labute approximate surface area is 198 Å². The number of anilines is 2. The molecule has 2 heterocycles. The highest BCUT2D eigenvalue weighted by atomic mass is 16.5. The largest absolute Gasteiger partial charge is 0.497 e. The van der Waals surface area contributed by atoms with Gasteiger partial charge in [0, 0.05) is 18.9 Å². The zero-order chi connectivity index (χ0) is 23.7. The Hall–Kier alpha value is -3.84. The molecule has 7 nitrogen and oxygen atoms in total. The topological polar surface area (TPSA) is 85.9 Å². The van der Waals surface area contributed by atoms with Crippen molar-refractivity contribution in [2.75, 3.05) is 31.0 Å². The van der Waals surface area contributed by atoms with Crippen LogP contribution < -0.4 is 20.1 Å². The van der Waals surface area contributed by atoms with Gasteiger partial charge >= 0.3 is 0 Å². The molecule has 0 atom stereocenters. The van der Waals surface area contributed by atoms with Crippen molar-refractivity contribution in [3.8, 4) is 17.2 Å². The molecule has 5 rings (SSSR count). The number of nitrogens with one attached hydrogen (secondary N) is 2. The fourth-order valence-corrected chi connectivity index (χ4v) is 4.54. The average molecular weight is 459 g/mol. The smallest absolute Gasteiger partial charge is 0.259 e. The lowest BCUT2D eigenvalue weighted by Crippen LogP contribution is -2.44. The van der Waals surface area contributed by atoms with Gasteiger partial charge in [-0.1, -0.05) is 18.2 Å². The van der Waals surface area contributed by atoms with Gasteiger partial charge in [-0.15, -0.1) is 0 Å². The Morgan fingerprint density at radius 3 is 2.47 bits per heavy atom. The van der Waals surface area contributed by atoms with Crippen molar-refractivity contribution in [1.82, 2.24) is 0 Å². The van der Waals surface area contributed by atoms with Crippen LogP contribution >= 0.6 is 0 Å². The SMILES string of the molecule is COc1ccc(C2(C(=O)Nc3ccc4c(c3)C(=O)Nc3cc(C)ccc3O4)CCOCC2)cc1. The number of rotatable bonds is 4. The number of hydrogen-bond donors (Lipinski definition) is 2. The highest BCUT2D eigenvalue weighted by Gasteiger charge is 2.42. The van der Waals surface area contributed by atoms with E-state index in [2.05, 4.69) is 10.6 Å². The average Bonchev–Trinajstić information content (AvgIpc) is 2.99. The van der Waals surface area contributed by atoms with Gasteiger partial charge in [0.2, 0.25) is 5.91 Å². The molecule has 0 aromatic heterocycles. The second-order valence-corrected chi connectivity index (χ2v) is 8.64. The third-order valence-electron chi connectivity index (χ3n) is 6.51. The van der Waals surface area contributed by atoms with Crippen molar-refractivity contribution in [3.05, 3.63) is 77.4 Å². The lowest BCUT2D eigenvalue weighted by Gasteiger charge is -2.36. The van der Waals surface area contributed by atoms with Gasteiger partial charge in [0.25, 0.3) is 5.91 Å². The summed E-state index contributed by atoms with van der Waals surface area (Å²) in [6.07, 6.45) is 1.13. The summed E-state index contributed by atoms with van der Waals surface area (Å²) in [5.74, 6) is 1.34. The maximum atomic E-state index is 13.6. The van der Waals surface area contributed by atoms with Crippen LogP contribution in [0.3, 0.4) is 0 Å². The first kappa shape index (κ1) is 22.0. The van der Waals surface area contributed by atoms with E-state index in [1.807, 2.05) is 49.4 Å². The zero-order valence-electron chi connectivity index (χ0n) is 19.1. The molecule has 3 aromatic carbocycles. The molecular weight excluding hydrogens is 432 g/mol. The van der Waals surface area contributed by atoms with E-state index >= 15 is 0 Å². The highest BCUT2D eigenvalue weighted by molar-refractivity contribution is 6.09. The van der Waals surface area contributed by atoms with Gasteiger partial charge in [0.15, 0.2) is 5.75 Å². The summed E-state index contributed by atoms with van der Waals surface area (Å²) in [5, 5.41) is 5.94. The van der Waals surface area contributed by atoms with E-state index in [0.29, 0.717) is 54.5 Å². The Morgan fingerprint density at radius 1 is 1.00 bits per heavy atom. The fourth-order valence-electron chi connectivity index (χ4n) is 4.54. The molecule has 0 bridgehead atoms. The Balaban J connectivity index is 1.43. The van der Waals surface area contributed by atoms with E-state index in [-0.39, 0.29) is 11.8 Å². The molecular formula is C27H26N2O5. The number of aryl methyl sites for hydroxylation is 1. The quantitative estimate of drug-likeness (QED) is 0.572. The van der Waals surface area contributed by atoms with Gasteiger partial charge in [0.05, 0.1) is 23.8 Å². The minimum Gasteiger partial charge on any atom is -0.497 e. The maximum Gasteiger partial charge on any atom is 0.259 e. The molecule has 0 spiro atoms. The van der Waals surface area contributed by atoms with E-state index in [1.54, 1.807) is 25.3 Å². The molecule has 2 aliphatic rings. The Kier molecular flexibility index (Phi) is 5.71. The number of carbonyl (C=O) groups excluding carboxylic acids is 2. The van der Waals surface area contributed by atoms with Crippen LogP contribution in [-0.4, -0.2) is 32.1 Å². The summed E-state index contributed by atoms with van der Waals surface area (Å²) in [5.41, 5.74) is 2.70. The predicted octanol–water partition coefficient (Wildman–Crippen LogP) is 5.05. The lowest BCUT2D eigenvalue weighted by atomic mass is 9.73. The van der Waals surface area contributed by atoms with Crippen LogP contribution in [0.5, 0.6) is 17.2 Å². The monoisotopic (exact) mass is 458 g/mol. The van der Waals surface area contributed by atoms with Crippen molar-refractivity contribution in [3.63, 3.8) is 0 Å². The van der Waals surface area contributed by atoms with Crippen LogP contribution in [0.4, 0.5) is 11.4 Å². The molecule has 0 unspecified atom stereocenters. The first-order valence-corrected chi connectivity index (χ1v) is 11.3. The van der Waals surface area contributed by atoms with E-state index in [4.69, 9.17) is 14.2 Å². The number of benzene rings is 3. The number of hydrogen-bond acceptors (Lipinski definition) is 5. The van der Waals surface area contributed by atoms with Crippen LogP contribution in [0, 0.1) is 6.92 Å². The molecule has 1 saturated heterocycles. The predicted molar refractivity (Wildman–Crippen MR) is 129 cm³/mol. The number of amides is 2. The molecule has 7 heteroatoms. The third-order valence-corrected chi connectivity index (χ3v) is 6.51. The van der Waals surface area contributed by atoms with Crippen LogP contribution in [0.25, 0.3) is 0 Å². The normalized spacial score (nSPS) is 16.2. The maximum absolute atomic E-state index is 13.6. The molecule has 3 aromatic rings. The van der Waals surface area contributed by atoms with Crippen molar-refractivity contribution in [2.45, 2.75) is 25.2 Å². The van der Waals surface area contributed by atoms with E-state index in [1.165, 1.54) is 0 Å². The minimum atomic E-state index is -0.732. The van der Waals surface area contributed by atoms with Gasteiger partial charge in [-0.25, -0.2) is 0 Å². The lowest BCUT2D eigenvalue weighted by molar-refractivity contribution is -0.125. The first-order chi connectivity index (χ1) is 16.5. The third kappa shape index (κ3) is 3.99. The van der Waals surface area contributed by atoms with Crippen molar-refractivity contribution < 1.29 is 23.8 Å². The number of methoxy groups -OCH3 is 1. The number of ether oxygens (including phenoxy) is 3. The molecule has 174 valence electrons. The molecule has 0 saturated carbocycles. The molecule has 0 aliphatic carbocycles. The number of fused-ring (bicyclic) bond motifs is 2. The van der Waals surface area contributed by atoms with Crippen LogP contribution in [0.15, 0.2) is 60.7 Å². The molecule has 34 heavy (non-hydrogen) atoms. The van der Waals surface area contributed by atoms with E-state index in [9.17, 15) is 9.59 Å². The van der Waals surface area contributed by atoms with Gasteiger partial charge in [-0.05, 0) is 73.4 Å². The summed E-state index contributed by atoms with van der Waals surface area (Å²) in [6.45, 7) is 2.95.